The van der Waals surface area contributed by atoms with Crippen LogP contribution in [0.4, 0.5) is 0 Å². The average molecular weight is 420 g/mol. The summed E-state index contributed by atoms with van der Waals surface area (Å²) in [5.41, 5.74) is 7.50. The van der Waals surface area contributed by atoms with Gasteiger partial charge in [-0.1, -0.05) is 54.6 Å². The molecule has 2 atom stereocenters. The lowest BCUT2D eigenvalue weighted by molar-refractivity contribution is -0.140. The van der Waals surface area contributed by atoms with Gasteiger partial charge >= 0.3 is 5.97 Å². The molecule has 0 fully saturated rings. The Labute approximate surface area is 177 Å². The van der Waals surface area contributed by atoms with Gasteiger partial charge in [-0.3, -0.25) is 14.5 Å². The van der Waals surface area contributed by atoms with Crippen LogP contribution in [0, 0.1) is 0 Å². The van der Waals surface area contributed by atoms with E-state index in [9.17, 15) is 19.5 Å². The van der Waals surface area contributed by atoms with Crippen LogP contribution in [0.2, 0.25) is 0 Å². The number of thioether (sulfide) groups is 1. The number of nitrogens with zero attached hydrogens (tertiary/aromatic N) is 1. The van der Waals surface area contributed by atoms with E-state index in [1.807, 2.05) is 42.5 Å². The first-order valence-corrected chi connectivity index (χ1v) is 10.6. The minimum atomic E-state index is -1.27. The van der Waals surface area contributed by atoms with Crippen molar-refractivity contribution in [1.82, 2.24) is 4.90 Å². The van der Waals surface area contributed by atoms with Crippen LogP contribution in [0.15, 0.2) is 66.7 Å². The standard InChI is InChI=1S/C23H20N2O4S/c24-12-20(16-11-5-7-14-6-1-2-8-15(14)16)30-13-19(23(28)29)25-21(26)17-9-3-4-10-18(17)22(25)27/h1-11,19-20H,12-13,24H2,(H,28,29). The fourth-order valence-electron chi connectivity index (χ4n) is 3.77. The Bertz CT molecular complexity index is 1110. The summed E-state index contributed by atoms with van der Waals surface area (Å²) in [7, 11) is 0. The molecule has 3 N–H and O–H groups in total. The predicted octanol–water partition coefficient (Wildman–Crippen LogP) is 3.32. The molecule has 3 aromatic rings. The maximum atomic E-state index is 12.7. The monoisotopic (exact) mass is 420 g/mol. The van der Waals surface area contributed by atoms with E-state index in [0.717, 1.165) is 21.2 Å². The molecule has 1 aliphatic heterocycles. The second kappa shape index (κ2) is 8.30. The van der Waals surface area contributed by atoms with Crippen LogP contribution in [0.1, 0.15) is 31.5 Å². The van der Waals surface area contributed by atoms with Crippen LogP contribution in [0.5, 0.6) is 0 Å². The number of carbonyl (C=O) groups excluding carboxylic acids is 2. The van der Waals surface area contributed by atoms with Crippen molar-refractivity contribution in [1.29, 1.82) is 0 Å². The maximum Gasteiger partial charge on any atom is 0.327 e. The van der Waals surface area contributed by atoms with Crippen LogP contribution >= 0.6 is 11.8 Å². The van der Waals surface area contributed by atoms with E-state index in [-0.39, 0.29) is 22.1 Å². The molecule has 152 valence electrons. The van der Waals surface area contributed by atoms with Crippen LogP contribution < -0.4 is 5.73 Å². The topological polar surface area (TPSA) is 101 Å². The van der Waals surface area contributed by atoms with Crippen molar-refractivity contribution in [3.8, 4) is 0 Å². The number of fused-ring (bicyclic) bond motifs is 2. The van der Waals surface area contributed by atoms with Crippen molar-refractivity contribution in [2.24, 2.45) is 5.73 Å². The summed E-state index contributed by atoms with van der Waals surface area (Å²) in [5, 5.41) is 11.7. The highest BCUT2D eigenvalue weighted by Gasteiger charge is 2.42. The Balaban J connectivity index is 1.59. The number of nitrogens with two attached hydrogens (primary N) is 1. The third kappa shape index (κ3) is 3.46. The Morgan fingerprint density at radius 3 is 2.17 bits per heavy atom. The molecule has 4 rings (SSSR count). The minimum Gasteiger partial charge on any atom is -0.480 e. The van der Waals surface area contributed by atoms with Gasteiger partial charge in [0.05, 0.1) is 11.1 Å². The summed E-state index contributed by atoms with van der Waals surface area (Å²) in [5.74, 6) is -2.31. The SMILES string of the molecule is NCC(SCC(C(=O)O)N1C(=O)c2ccccc2C1=O)c1cccc2ccccc12. The van der Waals surface area contributed by atoms with Crippen molar-refractivity contribution >= 4 is 40.3 Å². The van der Waals surface area contributed by atoms with Crippen LogP contribution in [-0.4, -0.2) is 46.1 Å². The van der Waals surface area contributed by atoms with E-state index in [1.165, 1.54) is 11.8 Å². The minimum absolute atomic E-state index is 0.0475. The van der Waals surface area contributed by atoms with E-state index in [4.69, 9.17) is 5.73 Å². The second-order valence-corrected chi connectivity index (χ2v) is 8.24. The molecule has 30 heavy (non-hydrogen) atoms. The molecule has 0 saturated carbocycles. The number of rotatable bonds is 7. The zero-order valence-electron chi connectivity index (χ0n) is 16.0. The van der Waals surface area contributed by atoms with E-state index < -0.39 is 23.8 Å². The molecule has 0 spiro atoms. The summed E-state index contributed by atoms with van der Waals surface area (Å²) in [6.07, 6.45) is 0. The van der Waals surface area contributed by atoms with Gasteiger partial charge in [-0.25, -0.2) is 4.79 Å². The highest BCUT2D eigenvalue weighted by atomic mass is 32.2. The number of hydrogen-bond acceptors (Lipinski definition) is 5. The van der Waals surface area contributed by atoms with Crippen LogP contribution in [0.3, 0.4) is 0 Å². The lowest BCUT2D eigenvalue weighted by atomic mass is 10.0. The average Bonchev–Trinajstić information content (AvgIpc) is 3.01. The maximum absolute atomic E-state index is 12.7. The largest absolute Gasteiger partial charge is 0.480 e. The first-order chi connectivity index (χ1) is 14.5. The van der Waals surface area contributed by atoms with Crippen LogP contribution in [-0.2, 0) is 4.79 Å². The van der Waals surface area contributed by atoms with Gasteiger partial charge in [0.15, 0.2) is 0 Å². The number of carbonyl (C=O) groups is 3. The van der Waals surface area contributed by atoms with E-state index >= 15 is 0 Å². The summed E-state index contributed by atoms with van der Waals surface area (Å²) >= 11 is 1.34. The van der Waals surface area contributed by atoms with Gasteiger partial charge in [0.25, 0.3) is 11.8 Å². The molecule has 0 aromatic heterocycles. The number of imide groups is 1. The number of benzene rings is 3. The zero-order valence-corrected chi connectivity index (χ0v) is 16.8. The number of amides is 2. The molecule has 0 bridgehead atoms. The molecule has 6 nitrogen and oxygen atoms in total. The van der Waals surface area contributed by atoms with Crippen molar-refractivity contribution in [3.63, 3.8) is 0 Å². The zero-order chi connectivity index (χ0) is 21.3. The quantitative estimate of drug-likeness (QED) is 0.569. The molecule has 2 amide bonds. The summed E-state index contributed by atoms with van der Waals surface area (Å²) in [4.78, 5) is 38.3. The molecule has 7 heteroatoms. The molecular weight excluding hydrogens is 400 g/mol. The fourth-order valence-corrected chi connectivity index (χ4v) is 5.00. The van der Waals surface area contributed by atoms with Crippen LogP contribution in [0.25, 0.3) is 10.8 Å². The first-order valence-electron chi connectivity index (χ1n) is 9.52. The van der Waals surface area contributed by atoms with Crippen molar-refractivity contribution in [2.45, 2.75) is 11.3 Å². The molecule has 2 unspecified atom stereocenters. The van der Waals surface area contributed by atoms with Crippen molar-refractivity contribution < 1.29 is 19.5 Å². The summed E-state index contributed by atoms with van der Waals surface area (Å²) in [6.45, 7) is 0.299. The van der Waals surface area contributed by atoms with E-state index in [2.05, 4.69) is 0 Å². The summed E-state index contributed by atoms with van der Waals surface area (Å²) < 4.78 is 0. The number of hydrogen-bond donors (Lipinski definition) is 2. The van der Waals surface area contributed by atoms with Gasteiger partial charge in [-0.15, -0.1) is 11.8 Å². The second-order valence-electron chi connectivity index (χ2n) is 7.01. The molecule has 0 saturated heterocycles. The number of carboxylic acids is 1. The Kier molecular flexibility index (Phi) is 5.57. The third-order valence-corrected chi connectivity index (χ3v) is 6.62. The Morgan fingerprint density at radius 1 is 0.933 bits per heavy atom. The number of aliphatic carboxylic acids is 1. The van der Waals surface area contributed by atoms with Gasteiger partial charge in [-0.05, 0) is 28.5 Å². The van der Waals surface area contributed by atoms with E-state index in [0.29, 0.717) is 6.54 Å². The first kappa shape index (κ1) is 20.1. The van der Waals surface area contributed by atoms with Crippen molar-refractivity contribution in [2.75, 3.05) is 12.3 Å². The third-order valence-electron chi connectivity index (χ3n) is 5.26. The lowest BCUT2D eigenvalue weighted by Gasteiger charge is -2.25. The normalized spacial score (nSPS) is 15.3. The molecule has 0 radical (unpaired) electrons. The highest BCUT2D eigenvalue weighted by molar-refractivity contribution is 7.99. The molecule has 3 aromatic carbocycles. The van der Waals surface area contributed by atoms with Gasteiger partial charge in [0.2, 0.25) is 0 Å². The van der Waals surface area contributed by atoms with Gasteiger partial charge in [-0.2, -0.15) is 0 Å². The van der Waals surface area contributed by atoms with E-state index in [1.54, 1.807) is 24.3 Å². The fraction of sp³-hybridized carbons (Fsp3) is 0.174. The van der Waals surface area contributed by atoms with Gasteiger partial charge < -0.3 is 10.8 Å². The Hall–Kier alpha value is -3.16. The number of carboxylic acid groups (broad SMARTS) is 1. The van der Waals surface area contributed by atoms with Gasteiger partial charge in [0, 0.05) is 17.5 Å². The predicted molar refractivity (Wildman–Crippen MR) is 117 cm³/mol. The molecular formula is C23H20N2O4S. The molecule has 1 heterocycles. The summed E-state index contributed by atoms with van der Waals surface area (Å²) in [6, 6.07) is 19.0. The smallest absolute Gasteiger partial charge is 0.327 e. The molecule has 0 aliphatic carbocycles. The van der Waals surface area contributed by atoms with Crippen molar-refractivity contribution in [3.05, 3.63) is 83.4 Å². The van der Waals surface area contributed by atoms with Gasteiger partial charge in [0.1, 0.15) is 6.04 Å². The Morgan fingerprint density at radius 2 is 1.53 bits per heavy atom. The lowest BCUT2D eigenvalue weighted by Crippen LogP contribution is -2.46. The molecule has 1 aliphatic rings. The highest BCUT2D eigenvalue weighted by Crippen LogP contribution is 2.35.